The van der Waals surface area contributed by atoms with Crippen LogP contribution in [-0.2, 0) is 23.9 Å². The van der Waals surface area contributed by atoms with Gasteiger partial charge in [-0.25, -0.2) is 14.3 Å². The van der Waals surface area contributed by atoms with Gasteiger partial charge in [-0.2, -0.15) is 5.10 Å². The number of ketones is 1. The zero-order chi connectivity index (χ0) is 31.6. The van der Waals surface area contributed by atoms with E-state index < -0.39 is 35.5 Å². The van der Waals surface area contributed by atoms with Crippen molar-refractivity contribution in [1.82, 2.24) is 30.4 Å². The molecular formula is C28H38N6O9. The normalized spacial score (nSPS) is 14.3. The summed E-state index contributed by atoms with van der Waals surface area (Å²) in [7, 11) is 1.18. The highest BCUT2D eigenvalue weighted by atomic mass is 16.8. The lowest BCUT2D eigenvalue weighted by Crippen LogP contribution is -2.58. The van der Waals surface area contributed by atoms with E-state index in [9.17, 15) is 24.0 Å². The molecule has 0 bridgehead atoms. The molecule has 3 rings (SSSR count). The summed E-state index contributed by atoms with van der Waals surface area (Å²) in [6.07, 6.45) is -1.62. The molecule has 1 aromatic heterocycles. The van der Waals surface area contributed by atoms with Crippen molar-refractivity contribution in [3.8, 4) is 11.6 Å². The highest BCUT2D eigenvalue weighted by molar-refractivity contribution is 5.96. The van der Waals surface area contributed by atoms with Crippen molar-refractivity contribution in [1.29, 1.82) is 0 Å². The fraction of sp³-hybridized carbons (Fsp3) is 0.500. The number of hydroxylamine groups is 2. The Hall–Kier alpha value is -4.66. The number of benzene rings is 1. The summed E-state index contributed by atoms with van der Waals surface area (Å²) in [5.41, 5.74) is -0.123. The minimum absolute atomic E-state index is 0.0782. The van der Waals surface area contributed by atoms with Crippen LogP contribution in [0.1, 0.15) is 38.2 Å². The van der Waals surface area contributed by atoms with Crippen molar-refractivity contribution in [2.45, 2.75) is 33.7 Å². The molecule has 1 atom stereocenters. The van der Waals surface area contributed by atoms with Gasteiger partial charge >= 0.3 is 12.2 Å². The molecule has 2 N–H and O–H groups in total. The Kier molecular flexibility index (Phi) is 11.5. The van der Waals surface area contributed by atoms with Gasteiger partial charge in [0.15, 0.2) is 11.5 Å². The van der Waals surface area contributed by atoms with Gasteiger partial charge in [-0.05, 0) is 19.1 Å². The number of amides is 3. The molecule has 1 saturated heterocycles. The minimum Gasteiger partial charge on any atom is -0.470 e. The molecule has 15 nitrogen and oxygen atoms in total. The van der Waals surface area contributed by atoms with Gasteiger partial charge in [0.25, 0.3) is 5.91 Å². The summed E-state index contributed by atoms with van der Waals surface area (Å²) >= 11 is 0. The highest BCUT2D eigenvalue weighted by Crippen LogP contribution is 2.22. The summed E-state index contributed by atoms with van der Waals surface area (Å²) in [6.45, 7) is 7.45. The Morgan fingerprint density at radius 1 is 1.02 bits per heavy atom. The van der Waals surface area contributed by atoms with Crippen LogP contribution < -0.4 is 15.4 Å². The van der Waals surface area contributed by atoms with E-state index in [1.54, 1.807) is 52.0 Å². The Labute approximate surface area is 249 Å². The van der Waals surface area contributed by atoms with Gasteiger partial charge in [0.2, 0.25) is 11.8 Å². The SMILES string of the molecule is CCOC(=O)ON1CCN(C(=O)[C@H](CNC(=O)OC)NC(=O)c2cc(OCC(=O)C(C)(C)C)n(-c3ccccc3)n2)CC1. The van der Waals surface area contributed by atoms with Gasteiger partial charge in [0, 0.05) is 24.6 Å². The third-order valence-electron chi connectivity index (χ3n) is 6.35. The van der Waals surface area contributed by atoms with Crippen LogP contribution in [0.5, 0.6) is 5.88 Å². The van der Waals surface area contributed by atoms with Crippen molar-refractivity contribution in [2.75, 3.05) is 53.0 Å². The first-order chi connectivity index (χ1) is 20.4. The van der Waals surface area contributed by atoms with Crippen LogP contribution >= 0.6 is 0 Å². The molecule has 0 unspecified atom stereocenters. The number of nitrogens with one attached hydrogen (secondary N) is 2. The lowest BCUT2D eigenvalue weighted by Gasteiger charge is -2.35. The van der Waals surface area contributed by atoms with E-state index in [1.807, 2.05) is 6.07 Å². The number of hydrogen-bond acceptors (Lipinski definition) is 11. The number of alkyl carbamates (subject to hydrolysis) is 1. The van der Waals surface area contributed by atoms with E-state index in [0.29, 0.717) is 5.69 Å². The van der Waals surface area contributed by atoms with Gasteiger partial charge < -0.3 is 34.6 Å². The Bertz CT molecular complexity index is 1280. The van der Waals surface area contributed by atoms with Gasteiger partial charge in [-0.15, -0.1) is 5.06 Å². The molecule has 43 heavy (non-hydrogen) atoms. The van der Waals surface area contributed by atoms with Crippen LogP contribution in [0.15, 0.2) is 36.4 Å². The summed E-state index contributed by atoms with van der Waals surface area (Å²) in [5, 5.41) is 10.8. The van der Waals surface area contributed by atoms with Crippen LogP contribution in [0.3, 0.4) is 0 Å². The fourth-order valence-corrected chi connectivity index (χ4v) is 3.85. The number of rotatable bonds is 11. The fourth-order valence-electron chi connectivity index (χ4n) is 3.85. The molecule has 1 fully saturated rings. The summed E-state index contributed by atoms with van der Waals surface area (Å²) in [4.78, 5) is 69.3. The molecule has 234 valence electrons. The molecule has 1 aliphatic heterocycles. The number of carbonyl (C=O) groups is 5. The smallest absolute Gasteiger partial charge is 0.470 e. The molecule has 0 radical (unpaired) electrons. The number of Topliss-reactive ketones (excluding diaryl/α,β-unsaturated/α-hetero) is 1. The Balaban J connectivity index is 1.77. The second kappa shape index (κ2) is 15.0. The lowest BCUT2D eigenvalue weighted by molar-refractivity contribution is -0.157. The number of para-hydroxylation sites is 1. The summed E-state index contributed by atoms with van der Waals surface area (Å²) < 4.78 is 16.5. The maximum atomic E-state index is 13.4. The maximum absolute atomic E-state index is 13.4. The number of nitrogens with zero attached hydrogens (tertiary/aromatic N) is 4. The molecule has 0 aliphatic carbocycles. The van der Waals surface area contributed by atoms with Crippen LogP contribution in [0.25, 0.3) is 5.69 Å². The van der Waals surface area contributed by atoms with E-state index in [0.717, 1.165) is 0 Å². The number of methoxy groups -OCH3 is 1. The van der Waals surface area contributed by atoms with E-state index in [1.165, 1.54) is 27.8 Å². The zero-order valence-electron chi connectivity index (χ0n) is 25.0. The number of piperazine rings is 1. The highest BCUT2D eigenvalue weighted by Gasteiger charge is 2.32. The molecule has 0 spiro atoms. The second-order valence-electron chi connectivity index (χ2n) is 10.5. The predicted molar refractivity (Wildman–Crippen MR) is 151 cm³/mol. The number of carbonyl (C=O) groups excluding carboxylic acids is 5. The molecule has 0 saturated carbocycles. The van der Waals surface area contributed by atoms with Gasteiger partial charge in [0.1, 0.15) is 12.6 Å². The zero-order valence-corrected chi connectivity index (χ0v) is 25.0. The van der Waals surface area contributed by atoms with E-state index in [-0.39, 0.29) is 63.3 Å². The van der Waals surface area contributed by atoms with Crippen LogP contribution in [0.4, 0.5) is 9.59 Å². The number of ether oxygens (including phenoxy) is 3. The second-order valence-corrected chi connectivity index (χ2v) is 10.5. The molecular weight excluding hydrogens is 564 g/mol. The first kappa shape index (κ1) is 32.8. The lowest BCUT2D eigenvalue weighted by atomic mass is 9.91. The van der Waals surface area contributed by atoms with Crippen molar-refractivity contribution < 1.29 is 43.0 Å². The molecule has 2 heterocycles. The average molecular weight is 603 g/mol. The Morgan fingerprint density at radius 2 is 1.70 bits per heavy atom. The predicted octanol–water partition coefficient (Wildman–Crippen LogP) is 1.55. The van der Waals surface area contributed by atoms with Gasteiger partial charge in [-0.1, -0.05) is 39.0 Å². The topological polar surface area (TPSA) is 171 Å². The first-order valence-electron chi connectivity index (χ1n) is 13.8. The van der Waals surface area contributed by atoms with Crippen molar-refractivity contribution in [3.05, 3.63) is 42.1 Å². The maximum Gasteiger partial charge on any atom is 0.527 e. The average Bonchev–Trinajstić information content (AvgIpc) is 3.42. The number of aromatic nitrogens is 2. The summed E-state index contributed by atoms with van der Waals surface area (Å²) in [6, 6.07) is 9.09. The summed E-state index contributed by atoms with van der Waals surface area (Å²) in [5.74, 6) is -1.18. The van der Waals surface area contributed by atoms with E-state index >= 15 is 0 Å². The van der Waals surface area contributed by atoms with Gasteiger partial charge in [0.05, 0.1) is 39.0 Å². The van der Waals surface area contributed by atoms with E-state index in [4.69, 9.17) is 14.3 Å². The Morgan fingerprint density at radius 3 is 2.30 bits per heavy atom. The van der Waals surface area contributed by atoms with Crippen LogP contribution in [0, 0.1) is 5.41 Å². The molecule has 2 aromatic rings. The number of hydrogen-bond donors (Lipinski definition) is 2. The monoisotopic (exact) mass is 602 g/mol. The van der Waals surface area contributed by atoms with E-state index in [2.05, 4.69) is 20.5 Å². The van der Waals surface area contributed by atoms with Crippen molar-refractivity contribution in [3.63, 3.8) is 0 Å². The standard InChI is InChI=1S/C28H38N6O9/c1-6-41-27(39)43-33-14-12-32(13-15-33)25(37)21(17-29-26(38)40-5)30-24(36)20-16-23(42-18-22(35)28(2,3)4)34(31-20)19-10-8-7-9-11-19/h7-11,16,21H,6,12-15,17-18H2,1-5H3,(H,29,38)(H,30,36)/t21-/m0/s1. The minimum atomic E-state index is -1.18. The molecule has 1 aromatic carbocycles. The molecule has 1 aliphatic rings. The van der Waals surface area contributed by atoms with Gasteiger partial charge in [-0.3, -0.25) is 14.4 Å². The third kappa shape index (κ3) is 9.43. The van der Waals surface area contributed by atoms with Crippen molar-refractivity contribution in [2.24, 2.45) is 5.41 Å². The van der Waals surface area contributed by atoms with Crippen molar-refractivity contribution >= 4 is 29.8 Å². The quantitative estimate of drug-likeness (QED) is 0.358. The third-order valence-corrected chi connectivity index (χ3v) is 6.35. The van der Waals surface area contributed by atoms with Crippen LogP contribution in [0.2, 0.25) is 0 Å². The van der Waals surface area contributed by atoms with Crippen LogP contribution in [-0.4, -0.2) is 109 Å². The molecule has 15 heteroatoms. The largest absolute Gasteiger partial charge is 0.527 e. The molecule has 3 amide bonds. The first-order valence-corrected chi connectivity index (χ1v) is 13.8.